The molecule has 1 aliphatic rings. The van der Waals surface area contributed by atoms with E-state index in [4.69, 9.17) is 0 Å². The second-order valence-electron chi connectivity index (χ2n) is 5.60. The summed E-state index contributed by atoms with van der Waals surface area (Å²) < 4.78 is 2.24. The third kappa shape index (κ3) is 3.50. The van der Waals surface area contributed by atoms with Gasteiger partial charge < -0.3 is 14.8 Å². The first-order valence-corrected chi connectivity index (χ1v) is 7.75. The van der Waals surface area contributed by atoms with Crippen LogP contribution in [-0.4, -0.2) is 35.2 Å². The molecular weight excluding hydrogens is 236 g/mol. The van der Waals surface area contributed by atoms with Crippen molar-refractivity contribution in [2.24, 2.45) is 5.92 Å². The summed E-state index contributed by atoms with van der Waals surface area (Å²) in [4.78, 5) is 7.00. The fourth-order valence-corrected chi connectivity index (χ4v) is 2.97. The Morgan fingerprint density at radius 2 is 2.32 bits per heavy atom. The summed E-state index contributed by atoms with van der Waals surface area (Å²) in [5.41, 5.74) is 0. The molecule has 1 saturated heterocycles. The van der Waals surface area contributed by atoms with Crippen molar-refractivity contribution in [1.82, 2.24) is 14.9 Å². The average molecular weight is 264 g/mol. The SMILES string of the molecule is CCCNC(C)C1CCCN(c2nccn2CC)C1. The van der Waals surface area contributed by atoms with Crippen molar-refractivity contribution in [1.29, 1.82) is 0 Å². The lowest BCUT2D eigenvalue weighted by molar-refractivity contribution is 0.318. The van der Waals surface area contributed by atoms with Crippen molar-refractivity contribution in [3.05, 3.63) is 12.4 Å². The topological polar surface area (TPSA) is 33.1 Å². The molecule has 1 aliphatic heterocycles. The number of anilines is 1. The first-order chi connectivity index (χ1) is 9.26. The van der Waals surface area contributed by atoms with Crippen LogP contribution in [0.5, 0.6) is 0 Å². The van der Waals surface area contributed by atoms with Crippen LogP contribution in [0, 0.1) is 5.92 Å². The quantitative estimate of drug-likeness (QED) is 0.857. The Bertz CT molecular complexity index is 374. The molecule has 1 N–H and O–H groups in total. The number of piperidine rings is 1. The standard InChI is InChI=1S/C15H28N4/c1-4-8-16-13(3)14-7-6-10-19(12-14)15-17-9-11-18(15)5-2/h9,11,13-14,16H,4-8,10,12H2,1-3H3. The summed E-state index contributed by atoms with van der Waals surface area (Å²) in [6, 6.07) is 0.604. The molecule has 2 atom stereocenters. The molecule has 2 heterocycles. The monoisotopic (exact) mass is 264 g/mol. The van der Waals surface area contributed by atoms with Crippen molar-refractivity contribution >= 4 is 5.95 Å². The van der Waals surface area contributed by atoms with Crippen LogP contribution >= 0.6 is 0 Å². The number of aryl methyl sites for hydroxylation is 1. The van der Waals surface area contributed by atoms with E-state index in [0.717, 1.165) is 38.0 Å². The Hall–Kier alpha value is -1.03. The van der Waals surface area contributed by atoms with Gasteiger partial charge in [0.1, 0.15) is 0 Å². The Labute approximate surface area is 117 Å². The first-order valence-electron chi connectivity index (χ1n) is 7.75. The second-order valence-corrected chi connectivity index (χ2v) is 5.60. The van der Waals surface area contributed by atoms with E-state index in [9.17, 15) is 0 Å². The van der Waals surface area contributed by atoms with Gasteiger partial charge in [-0.1, -0.05) is 6.92 Å². The Balaban J connectivity index is 1.97. The van der Waals surface area contributed by atoms with E-state index >= 15 is 0 Å². The van der Waals surface area contributed by atoms with Crippen molar-refractivity contribution < 1.29 is 0 Å². The molecule has 1 aromatic heterocycles. The lowest BCUT2D eigenvalue weighted by atomic mass is 9.91. The van der Waals surface area contributed by atoms with E-state index in [1.807, 2.05) is 6.20 Å². The molecule has 4 nitrogen and oxygen atoms in total. The lowest BCUT2D eigenvalue weighted by Gasteiger charge is -2.36. The maximum absolute atomic E-state index is 4.54. The lowest BCUT2D eigenvalue weighted by Crippen LogP contribution is -2.45. The number of hydrogen-bond acceptors (Lipinski definition) is 3. The molecule has 0 aliphatic carbocycles. The fraction of sp³-hybridized carbons (Fsp3) is 0.800. The summed E-state index contributed by atoms with van der Waals surface area (Å²) in [6.45, 7) is 11.1. The third-order valence-corrected chi connectivity index (χ3v) is 4.20. The number of nitrogens with one attached hydrogen (secondary N) is 1. The molecule has 0 radical (unpaired) electrons. The van der Waals surface area contributed by atoms with Crippen molar-refractivity contribution in [3.8, 4) is 0 Å². The minimum Gasteiger partial charge on any atom is -0.342 e. The maximum atomic E-state index is 4.54. The summed E-state index contributed by atoms with van der Waals surface area (Å²) in [5.74, 6) is 1.89. The van der Waals surface area contributed by atoms with Crippen molar-refractivity contribution in [2.75, 3.05) is 24.5 Å². The van der Waals surface area contributed by atoms with Gasteiger partial charge in [0.05, 0.1) is 0 Å². The van der Waals surface area contributed by atoms with Crippen LogP contribution in [0.1, 0.15) is 40.0 Å². The Morgan fingerprint density at radius 1 is 1.47 bits per heavy atom. The molecule has 0 saturated carbocycles. The average Bonchev–Trinajstić information content (AvgIpc) is 2.93. The largest absolute Gasteiger partial charge is 0.342 e. The van der Waals surface area contributed by atoms with E-state index in [0.29, 0.717) is 6.04 Å². The molecule has 0 amide bonds. The van der Waals surface area contributed by atoms with Gasteiger partial charge in [-0.15, -0.1) is 0 Å². The molecule has 4 heteroatoms. The normalized spacial score (nSPS) is 21.6. The smallest absolute Gasteiger partial charge is 0.205 e. The Kier molecular flexibility index (Phi) is 5.25. The zero-order valence-electron chi connectivity index (χ0n) is 12.6. The number of aromatic nitrogens is 2. The van der Waals surface area contributed by atoms with Gasteiger partial charge in [-0.25, -0.2) is 4.98 Å². The minimum absolute atomic E-state index is 0.604. The fourth-order valence-electron chi connectivity index (χ4n) is 2.97. The summed E-state index contributed by atoms with van der Waals surface area (Å²) in [5, 5.41) is 3.64. The summed E-state index contributed by atoms with van der Waals surface area (Å²) in [6.07, 6.45) is 7.82. The van der Waals surface area contributed by atoms with Crippen LogP contribution in [0.4, 0.5) is 5.95 Å². The number of hydrogen-bond donors (Lipinski definition) is 1. The maximum Gasteiger partial charge on any atom is 0.205 e. The van der Waals surface area contributed by atoms with Gasteiger partial charge in [0, 0.05) is 38.1 Å². The van der Waals surface area contributed by atoms with Crippen molar-refractivity contribution in [2.45, 2.75) is 52.6 Å². The highest BCUT2D eigenvalue weighted by molar-refractivity contribution is 5.32. The van der Waals surface area contributed by atoms with E-state index in [2.05, 4.69) is 46.7 Å². The zero-order chi connectivity index (χ0) is 13.7. The first kappa shape index (κ1) is 14.4. The highest BCUT2D eigenvalue weighted by atomic mass is 15.3. The molecule has 0 spiro atoms. The molecular formula is C15H28N4. The van der Waals surface area contributed by atoms with E-state index < -0.39 is 0 Å². The van der Waals surface area contributed by atoms with E-state index in [-0.39, 0.29) is 0 Å². The van der Waals surface area contributed by atoms with Gasteiger partial charge in [0.2, 0.25) is 5.95 Å². The molecule has 1 aromatic rings. The highest BCUT2D eigenvalue weighted by Gasteiger charge is 2.26. The van der Waals surface area contributed by atoms with Gasteiger partial charge in [0.25, 0.3) is 0 Å². The molecule has 108 valence electrons. The predicted octanol–water partition coefficient (Wildman–Crippen LogP) is 2.51. The predicted molar refractivity (Wildman–Crippen MR) is 80.6 cm³/mol. The van der Waals surface area contributed by atoms with Crippen LogP contribution in [0.2, 0.25) is 0 Å². The number of rotatable bonds is 6. The van der Waals surface area contributed by atoms with Gasteiger partial charge in [0.15, 0.2) is 0 Å². The minimum atomic E-state index is 0.604. The van der Waals surface area contributed by atoms with Gasteiger partial charge in [-0.2, -0.15) is 0 Å². The summed E-state index contributed by atoms with van der Waals surface area (Å²) in [7, 11) is 0. The molecule has 19 heavy (non-hydrogen) atoms. The second kappa shape index (κ2) is 6.94. The van der Waals surface area contributed by atoms with Crippen LogP contribution in [0.25, 0.3) is 0 Å². The molecule has 2 unspecified atom stereocenters. The number of nitrogens with zero attached hydrogens (tertiary/aromatic N) is 3. The van der Waals surface area contributed by atoms with Crippen LogP contribution in [0.3, 0.4) is 0 Å². The number of imidazole rings is 1. The molecule has 0 bridgehead atoms. The highest BCUT2D eigenvalue weighted by Crippen LogP contribution is 2.24. The van der Waals surface area contributed by atoms with E-state index in [1.54, 1.807) is 0 Å². The summed E-state index contributed by atoms with van der Waals surface area (Å²) >= 11 is 0. The molecule has 2 rings (SSSR count). The zero-order valence-corrected chi connectivity index (χ0v) is 12.6. The van der Waals surface area contributed by atoms with Gasteiger partial charge in [-0.05, 0) is 45.6 Å². The molecule has 1 fully saturated rings. The van der Waals surface area contributed by atoms with Gasteiger partial charge >= 0.3 is 0 Å². The van der Waals surface area contributed by atoms with Gasteiger partial charge in [-0.3, -0.25) is 0 Å². The third-order valence-electron chi connectivity index (χ3n) is 4.20. The van der Waals surface area contributed by atoms with Crippen LogP contribution in [0.15, 0.2) is 12.4 Å². The Morgan fingerprint density at radius 3 is 3.05 bits per heavy atom. The van der Waals surface area contributed by atoms with Crippen molar-refractivity contribution in [3.63, 3.8) is 0 Å². The van der Waals surface area contributed by atoms with E-state index in [1.165, 1.54) is 19.3 Å². The van der Waals surface area contributed by atoms with Crippen LogP contribution in [-0.2, 0) is 6.54 Å². The van der Waals surface area contributed by atoms with Crippen LogP contribution < -0.4 is 10.2 Å². The molecule has 0 aromatic carbocycles.